The Morgan fingerprint density at radius 1 is 1.15 bits per heavy atom. The van der Waals surface area contributed by atoms with Crippen molar-refractivity contribution in [1.82, 2.24) is 0 Å². The van der Waals surface area contributed by atoms with Crippen LogP contribution < -0.4 is 9.47 Å². The highest BCUT2D eigenvalue weighted by atomic mass is 19.3. The summed E-state index contributed by atoms with van der Waals surface area (Å²) < 4.78 is 44.8. The number of rotatable bonds is 6. The maximum atomic E-state index is 13.1. The number of carbonyl (C=O) groups is 3. The van der Waals surface area contributed by atoms with Gasteiger partial charge in [-0.05, 0) is 44.9 Å². The van der Waals surface area contributed by atoms with Crippen LogP contribution in [0.4, 0.5) is 8.78 Å². The van der Waals surface area contributed by atoms with Gasteiger partial charge in [-0.1, -0.05) is 6.07 Å². The van der Waals surface area contributed by atoms with Crippen LogP contribution in [0.2, 0.25) is 0 Å². The third-order valence-electron chi connectivity index (χ3n) is 3.40. The highest BCUT2D eigenvalue weighted by Crippen LogP contribution is 2.41. The summed E-state index contributed by atoms with van der Waals surface area (Å²) in [7, 11) is 0. The lowest BCUT2D eigenvalue weighted by atomic mass is 9.95. The smallest absolute Gasteiger partial charge is 0.459 e. The molecule has 0 spiro atoms. The van der Waals surface area contributed by atoms with E-state index in [0.29, 0.717) is 5.56 Å². The van der Waals surface area contributed by atoms with Gasteiger partial charge in [-0.25, -0.2) is 0 Å². The van der Waals surface area contributed by atoms with E-state index < -0.39 is 42.1 Å². The summed E-state index contributed by atoms with van der Waals surface area (Å²) in [6, 6.07) is 3.95. The Morgan fingerprint density at radius 3 is 2.37 bits per heavy atom. The molecule has 1 aromatic carbocycles. The van der Waals surface area contributed by atoms with E-state index in [1.54, 1.807) is 20.8 Å². The number of Topliss-reactive ketones (excluding diaryl/α,β-unsaturated/α-hetero) is 1. The number of hydrogen-bond acceptors (Lipinski definition) is 7. The lowest BCUT2D eigenvalue weighted by Crippen LogP contribution is -2.36. The first kappa shape index (κ1) is 20.6. The zero-order valence-corrected chi connectivity index (χ0v) is 15.3. The van der Waals surface area contributed by atoms with Gasteiger partial charge in [0.1, 0.15) is 11.5 Å². The normalized spacial score (nSPS) is 15.8. The minimum absolute atomic E-state index is 0.142. The van der Waals surface area contributed by atoms with Crippen LogP contribution in [0.15, 0.2) is 18.2 Å². The molecular weight excluding hydrogens is 366 g/mol. The summed E-state index contributed by atoms with van der Waals surface area (Å²) >= 11 is 0. The number of ketones is 1. The number of fused-ring (bicyclic) bond motifs is 1. The van der Waals surface area contributed by atoms with Crippen molar-refractivity contribution >= 4 is 17.7 Å². The maximum Gasteiger partial charge on any atom is 0.586 e. The second-order valence-electron chi connectivity index (χ2n) is 6.99. The second-order valence-corrected chi connectivity index (χ2v) is 6.99. The van der Waals surface area contributed by atoms with Crippen molar-refractivity contribution in [3.8, 4) is 11.5 Å². The SMILES string of the molecule is CC(=O)OCC(=O)[C@H](Cc1ccc2c(c1)OC(F)(F)O2)C(=O)OC(C)(C)C. The van der Waals surface area contributed by atoms with Gasteiger partial charge in [0.25, 0.3) is 0 Å². The van der Waals surface area contributed by atoms with E-state index in [1.807, 2.05) is 0 Å². The van der Waals surface area contributed by atoms with Gasteiger partial charge >= 0.3 is 18.2 Å². The molecule has 0 saturated carbocycles. The van der Waals surface area contributed by atoms with Crippen molar-refractivity contribution in [2.75, 3.05) is 6.61 Å². The maximum absolute atomic E-state index is 13.1. The van der Waals surface area contributed by atoms with Gasteiger partial charge < -0.3 is 18.9 Å². The van der Waals surface area contributed by atoms with E-state index in [2.05, 4.69) is 14.2 Å². The molecule has 1 atom stereocenters. The number of alkyl halides is 2. The first-order valence-electron chi connectivity index (χ1n) is 8.14. The molecule has 1 heterocycles. The van der Waals surface area contributed by atoms with Crippen LogP contribution in [0.3, 0.4) is 0 Å². The van der Waals surface area contributed by atoms with E-state index >= 15 is 0 Å². The van der Waals surface area contributed by atoms with Crippen molar-refractivity contribution in [3.05, 3.63) is 23.8 Å². The fourth-order valence-corrected chi connectivity index (χ4v) is 2.33. The monoisotopic (exact) mass is 386 g/mol. The molecule has 0 N–H and O–H groups in total. The molecule has 0 fully saturated rings. The molecule has 0 aliphatic carbocycles. The topological polar surface area (TPSA) is 88.1 Å². The molecule has 9 heteroatoms. The van der Waals surface area contributed by atoms with Crippen molar-refractivity contribution < 1.29 is 42.1 Å². The van der Waals surface area contributed by atoms with E-state index in [-0.39, 0.29) is 17.9 Å². The lowest BCUT2D eigenvalue weighted by Gasteiger charge is -2.23. The van der Waals surface area contributed by atoms with Gasteiger partial charge in [0.05, 0.1) is 0 Å². The summed E-state index contributed by atoms with van der Waals surface area (Å²) in [4.78, 5) is 35.7. The standard InChI is InChI=1S/C18H20F2O7/c1-10(21)24-9-13(22)12(16(23)27-17(2,3)4)7-11-5-6-14-15(8-11)26-18(19,20)25-14/h5-6,8,12H,7,9H2,1-4H3/t12-/m0/s1. The number of carbonyl (C=O) groups excluding carboxylic acids is 3. The summed E-state index contributed by atoms with van der Waals surface area (Å²) in [6.07, 6.45) is -3.91. The van der Waals surface area contributed by atoms with Crippen LogP contribution in [0, 0.1) is 5.92 Å². The molecule has 1 aliphatic heterocycles. The van der Waals surface area contributed by atoms with Crippen molar-refractivity contribution in [3.63, 3.8) is 0 Å². The molecule has 27 heavy (non-hydrogen) atoms. The Bertz CT molecular complexity index is 753. The third kappa shape index (κ3) is 5.90. The predicted molar refractivity (Wildman–Crippen MR) is 87.3 cm³/mol. The fourth-order valence-electron chi connectivity index (χ4n) is 2.33. The van der Waals surface area contributed by atoms with Crippen molar-refractivity contribution in [1.29, 1.82) is 0 Å². The van der Waals surface area contributed by atoms with Crippen LogP contribution in [-0.2, 0) is 30.3 Å². The minimum Gasteiger partial charge on any atom is -0.459 e. The van der Waals surface area contributed by atoms with Gasteiger partial charge in [0.2, 0.25) is 0 Å². The molecule has 1 aliphatic rings. The first-order chi connectivity index (χ1) is 12.4. The molecule has 0 unspecified atom stereocenters. The van der Waals surface area contributed by atoms with Crippen molar-refractivity contribution in [2.24, 2.45) is 5.92 Å². The third-order valence-corrected chi connectivity index (χ3v) is 3.40. The zero-order chi connectivity index (χ0) is 20.4. The number of halogens is 2. The molecule has 0 amide bonds. The Balaban J connectivity index is 2.20. The average Bonchev–Trinajstić information content (AvgIpc) is 2.81. The second kappa shape index (κ2) is 7.50. The van der Waals surface area contributed by atoms with Crippen LogP contribution in [0.1, 0.15) is 33.3 Å². The quantitative estimate of drug-likeness (QED) is 0.549. The zero-order valence-electron chi connectivity index (χ0n) is 15.3. The highest BCUT2D eigenvalue weighted by molar-refractivity contribution is 6.00. The summed E-state index contributed by atoms with van der Waals surface area (Å²) in [5, 5.41) is 0. The largest absolute Gasteiger partial charge is 0.586 e. The molecule has 0 aromatic heterocycles. The Kier molecular flexibility index (Phi) is 5.72. The Hall–Kier alpha value is -2.71. The first-order valence-corrected chi connectivity index (χ1v) is 8.14. The van der Waals surface area contributed by atoms with E-state index in [4.69, 9.17) is 4.74 Å². The van der Waals surface area contributed by atoms with Crippen LogP contribution in [0.5, 0.6) is 11.5 Å². The molecule has 0 bridgehead atoms. The molecular formula is C18H20F2O7. The highest BCUT2D eigenvalue weighted by Gasteiger charge is 2.43. The summed E-state index contributed by atoms with van der Waals surface area (Å²) in [6.45, 7) is 5.46. The van der Waals surface area contributed by atoms with Gasteiger partial charge in [0.15, 0.2) is 23.9 Å². The van der Waals surface area contributed by atoms with E-state index in [0.717, 1.165) is 6.92 Å². The van der Waals surface area contributed by atoms with Gasteiger partial charge in [-0.2, -0.15) is 0 Å². The minimum atomic E-state index is -3.77. The predicted octanol–water partition coefficient (Wildman–Crippen LogP) is 2.64. The summed E-state index contributed by atoms with van der Waals surface area (Å²) in [5.41, 5.74) is -0.462. The van der Waals surface area contributed by atoms with E-state index in [1.165, 1.54) is 18.2 Å². The van der Waals surface area contributed by atoms with Crippen LogP contribution in [-0.4, -0.2) is 36.2 Å². The molecule has 7 nitrogen and oxygen atoms in total. The van der Waals surface area contributed by atoms with Gasteiger partial charge in [-0.15, -0.1) is 8.78 Å². The number of esters is 2. The average molecular weight is 386 g/mol. The van der Waals surface area contributed by atoms with E-state index in [9.17, 15) is 23.2 Å². The lowest BCUT2D eigenvalue weighted by molar-refractivity contribution is -0.286. The van der Waals surface area contributed by atoms with Gasteiger partial charge in [-0.3, -0.25) is 14.4 Å². The summed E-state index contributed by atoms with van der Waals surface area (Å²) in [5.74, 6) is -3.76. The molecule has 1 aromatic rings. The fraction of sp³-hybridized carbons (Fsp3) is 0.500. The molecule has 0 saturated heterocycles. The Labute approximate surface area is 154 Å². The molecule has 2 rings (SSSR count). The number of ether oxygens (including phenoxy) is 4. The number of hydrogen-bond donors (Lipinski definition) is 0. The number of benzene rings is 1. The van der Waals surface area contributed by atoms with Crippen molar-refractivity contribution in [2.45, 2.75) is 46.0 Å². The van der Waals surface area contributed by atoms with Crippen LogP contribution in [0.25, 0.3) is 0 Å². The van der Waals surface area contributed by atoms with Crippen LogP contribution >= 0.6 is 0 Å². The molecule has 148 valence electrons. The van der Waals surface area contributed by atoms with Gasteiger partial charge in [0, 0.05) is 6.92 Å². The molecule has 0 radical (unpaired) electrons. The Morgan fingerprint density at radius 2 is 1.78 bits per heavy atom.